The Bertz CT molecular complexity index is 1040. The van der Waals surface area contributed by atoms with Gasteiger partial charge in [0.1, 0.15) is 5.69 Å². The van der Waals surface area contributed by atoms with E-state index in [1.807, 2.05) is 36.4 Å². The molecule has 2 N–H and O–H groups in total. The van der Waals surface area contributed by atoms with E-state index in [1.165, 1.54) is 5.56 Å². The summed E-state index contributed by atoms with van der Waals surface area (Å²) < 4.78 is 0. The summed E-state index contributed by atoms with van der Waals surface area (Å²) in [6, 6.07) is 13.4. The van der Waals surface area contributed by atoms with Gasteiger partial charge in [0.15, 0.2) is 0 Å². The number of benzene rings is 1. The molecule has 160 valence electrons. The topological polar surface area (TPSA) is 91.0 Å². The third-order valence-electron chi connectivity index (χ3n) is 5.71. The first-order chi connectivity index (χ1) is 15.0. The third kappa shape index (κ3) is 4.82. The average Bonchev–Trinajstić information content (AvgIpc) is 3.30. The SMILES string of the molecule is CC(C)c1ccc(NC(=O)[C@@H]2CCCN(C(=O)c3cc(-c4ccncc4)n[nH]3)C2)cc1. The van der Waals surface area contributed by atoms with Crippen LogP contribution in [0, 0.1) is 5.92 Å². The molecule has 4 rings (SSSR count). The number of likely N-dealkylation sites (tertiary alicyclic amines) is 1. The molecule has 7 nitrogen and oxygen atoms in total. The Labute approximate surface area is 181 Å². The van der Waals surface area contributed by atoms with Crippen LogP contribution in [0.2, 0.25) is 0 Å². The monoisotopic (exact) mass is 417 g/mol. The fourth-order valence-corrected chi connectivity index (χ4v) is 3.84. The molecule has 31 heavy (non-hydrogen) atoms. The Morgan fingerprint density at radius 2 is 1.87 bits per heavy atom. The summed E-state index contributed by atoms with van der Waals surface area (Å²) in [5, 5.41) is 10.1. The molecule has 2 aromatic heterocycles. The molecule has 2 amide bonds. The molecule has 3 heterocycles. The van der Waals surface area contributed by atoms with E-state index >= 15 is 0 Å². The second kappa shape index (κ2) is 9.12. The number of nitrogens with zero attached hydrogens (tertiary/aromatic N) is 3. The molecule has 0 unspecified atom stereocenters. The van der Waals surface area contributed by atoms with Crippen LogP contribution in [0.1, 0.15) is 48.7 Å². The lowest BCUT2D eigenvalue weighted by molar-refractivity contribution is -0.121. The van der Waals surface area contributed by atoms with Gasteiger partial charge in [0.05, 0.1) is 11.6 Å². The molecule has 0 radical (unpaired) electrons. The summed E-state index contributed by atoms with van der Waals surface area (Å²) in [4.78, 5) is 31.5. The van der Waals surface area contributed by atoms with Crippen molar-refractivity contribution in [3.8, 4) is 11.3 Å². The van der Waals surface area contributed by atoms with Crippen molar-refractivity contribution in [2.45, 2.75) is 32.6 Å². The first kappa shape index (κ1) is 20.8. The minimum Gasteiger partial charge on any atom is -0.337 e. The van der Waals surface area contributed by atoms with Crippen molar-refractivity contribution in [1.82, 2.24) is 20.1 Å². The van der Waals surface area contributed by atoms with Crippen LogP contribution in [0.3, 0.4) is 0 Å². The molecule has 1 atom stereocenters. The number of H-pyrrole nitrogens is 1. The van der Waals surface area contributed by atoms with E-state index in [0.717, 1.165) is 24.1 Å². The van der Waals surface area contributed by atoms with Gasteiger partial charge in [0.25, 0.3) is 5.91 Å². The number of aromatic amines is 1. The maximum absolute atomic E-state index is 13.0. The summed E-state index contributed by atoms with van der Waals surface area (Å²) in [6.45, 7) is 5.31. The van der Waals surface area contributed by atoms with Gasteiger partial charge in [-0.3, -0.25) is 19.7 Å². The molecule has 7 heteroatoms. The highest BCUT2D eigenvalue weighted by Gasteiger charge is 2.29. The molecule has 1 aliphatic rings. The van der Waals surface area contributed by atoms with Crippen molar-refractivity contribution >= 4 is 17.5 Å². The van der Waals surface area contributed by atoms with Crippen LogP contribution in [0.5, 0.6) is 0 Å². The second-order valence-corrected chi connectivity index (χ2v) is 8.26. The van der Waals surface area contributed by atoms with Gasteiger partial charge < -0.3 is 10.2 Å². The molecule has 1 saturated heterocycles. The van der Waals surface area contributed by atoms with Gasteiger partial charge >= 0.3 is 0 Å². The molecule has 0 aliphatic carbocycles. The zero-order valence-electron chi connectivity index (χ0n) is 17.8. The van der Waals surface area contributed by atoms with Gasteiger partial charge in [-0.05, 0) is 54.7 Å². The molecule has 0 saturated carbocycles. The Kier molecular flexibility index (Phi) is 6.11. The van der Waals surface area contributed by atoms with Crippen molar-refractivity contribution in [1.29, 1.82) is 0 Å². The van der Waals surface area contributed by atoms with Gasteiger partial charge in [-0.15, -0.1) is 0 Å². The van der Waals surface area contributed by atoms with Gasteiger partial charge in [0.2, 0.25) is 5.91 Å². The van der Waals surface area contributed by atoms with Crippen molar-refractivity contribution in [2.24, 2.45) is 5.92 Å². The van der Waals surface area contributed by atoms with Gasteiger partial charge in [-0.25, -0.2) is 0 Å². The number of pyridine rings is 1. The van der Waals surface area contributed by atoms with Crippen molar-refractivity contribution < 1.29 is 9.59 Å². The predicted octanol–water partition coefficient (Wildman–Crippen LogP) is 4.09. The molecular weight excluding hydrogens is 390 g/mol. The number of aromatic nitrogens is 3. The number of carbonyl (C=O) groups excluding carboxylic acids is 2. The number of hydrogen-bond acceptors (Lipinski definition) is 4. The number of carbonyl (C=O) groups is 2. The fourth-order valence-electron chi connectivity index (χ4n) is 3.84. The van der Waals surface area contributed by atoms with E-state index in [0.29, 0.717) is 30.4 Å². The van der Waals surface area contributed by atoms with Crippen molar-refractivity contribution in [3.63, 3.8) is 0 Å². The minimum absolute atomic E-state index is 0.0446. The van der Waals surface area contributed by atoms with Gasteiger partial charge in [0, 0.05) is 36.7 Å². The predicted molar refractivity (Wildman–Crippen MR) is 120 cm³/mol. The van der Waals surface area contributed by atoms with Crippen LogP contribution >= 0.6 is 0 Å². The second-order valence-electron chi connectivity index (χ2n) is 8.26. The van der Waals surface area contributed by atoms with Crippen LogP contribution in [-0.2, 0) is 4.79 Å². The normalized spacial score (nSPS) is 16.4. The van der Waals surface area contributed by atoms with E-state index < -0.39 is 0 Å². The highest BCUT2D eigenvalue weighted by Crippen LogP contribution is 2.23. The van der Waals surface area contributed by atoms with Crippen LogP contribution < -0.4 is 5.32 Å². The summed E-state index contributed by atoms with van der Waals surface area (Å²) in [5.74, 6) is 0.0396. The quantitative estimate of drug-likeness (QED) is 0.654. The molecule has 0 bridgehead atoms. The molecule has 1 aromatic carbocycles. The maximum Gasteiger partial charge on any atom is 0.271 e. The molecule has 3 aromatic rings. The lowest BCUT2D eigenvalue weighted by Crippen LogP contribution is -2.43. The summed E-state index contributed by atoms with van der Waals surface area (Å²) in [7, 11) is 0. The lowest BCUT2D eigenvalue weighted by Gasteiger charge is -2.31. The summed E-state index contributed by atoms with van der Waals surface area (Å²) >= 11 is 0. The van der Waals surface area contributed by atoms with Crippen LogP contribution in [-0.4, -0.2) is 45.0 Å². The van der Waals surface area contributed by atoms with E-state index in [9.17, 15) is 9.59 Å². The zero-order chi connectivity index (χ0) is 21.8. The highest BCUT2D eigenvalue weighted by atomic mass is 16.2. The fraction of sp³-hybridized carbons (Fsp3) is 0.333. The summed E-state index contributed by atoms with van der Waals surface area (Å²) in [6.07, 6.45) is 4.94. The number of anilines is 1. The van der Waals surface area contributed by atoms with Crippen molar-refractivity contribution in [3.05, 3.63) is 66.1 Å². The Hall–Kier alpha value is -3.48. The maximum atomic E-state index is 13.0. The van der Waals surface area contributed by atoms with Gasteiger partial charge in [-0.2, -0.15) is 5.10 Å². The molecule has 0 spiro atoms. The molecule has 1 fully saturated rings. The average molecular weight is 418 g/mol. The van der Waals surface area contributed by atoms with E-state index in [4.69, 9.17) is 0 Å². The first-order valence-corrected chi connectivity index (χ1v) is 10.7. The van der Waals surface area contributed by atoms with E-state index in [2.05, 4.69) is 34.3 Å². The van der Waals surface area contributed by atoms with Crippen molar-refractivity contribution in [2.75, 3.05) is 18.4 Å². The Morgan fingerprint density at radius 1 is 1.13 bits per heavy atom. The van der Waals surface area contributed by atoms with E-state index in [-0.39, 0.29) is 17.7 Å². The highest BCUT2D eigenvalue weighted by molar-refractivity contribution is 5.95. The summed E-state index contributed by atoms with van der Waals surface area (Å²) in [5.41, 5.74) is 4.04. The number of hydrogen-bond donors (Lipinski definition) is 2. The Balaban J connectivity index is 1.39. The first-order valence-electron chi connectivity index (χ1n) is 10.7. The number of amides is 2. The van der Waals surface area contributed by atoms with Gasteiger partial charge in [-0.1, -0.05) is 26.0 Å². The molecule has 1 aliphatic heterocycles. The zero-order valence-corrected chi connectivity index (χ0v) is 17.8. The number of rotatable bonds is 5. The number of nitrogens with one attached hydrogen (secondary N) is 2. The standard InChI is InChI=1S/C24H27N5O2/c1-16(2)17-5-7-20(8-6-17)26-23(30)19-4-3-13-29(15-19)24(31)22-14-21(27-28-22)18-9-11-25-12-10-18/h5-12,14,16,19H,3-4,13,15H2,1-2H3,(H,26,30)(H,27,28)/t19-/m1/s1. The molecular formula is C24H27N5O2. The Morgan fingerprint density at radius 3 is 2.58 bits per heavy atom. The lowest BCUT2D eigenvalue weighted by atomic mass is 9.96. The van der Waals surface area contributed by atoms with Crippen LogP contribution in [0.15, 0.2) is 54.9 Å². The minimum atomic E-state index is -0.231. The number of piperidine rings is 1. The van der Waals surface area contributed by atoms with Crippen LogP contribution in [0.25, 0.3) is 11.3 Å². The van der Waals surface area contributed by atoms with E-state index in [1.54, 1.807) is 23.4 Å². The van der Waals surface area contributed by atoms with Crippen LogP contribution in [0.4, 0.5) is 5.69 Å². The third-order valence-corrected chi connectivity index (χ3v) is 5.71. The largest absolute Gasteiger partial charge is 0.337 e. The smallest absolute Gasteiger partial charge is 0.271 e.